The molecule has 0 aromatic carbocycles. The molecule has 0 atom stereocenters. The van der Waals surface area contributed by atoms with E-state index in [-0.39, 0.29) is 0 Å². The number of unbranched alkanes of at least 4 members (excludes halogenated alkanes) is 1. The lowest BCUT2D eigenvalue weighted by atomic mass is 10.2. The number of nitrogens with one attached hydrogen (secondary N) is 1. The summed E-state index contributed by atoms with van der Waals surface area (Å²) in [5, 5.41) is 6.76. The molecule has 1 saturated heterocycles. The van der Waals surface area contributed by atoms with Crippen LogP contribution in [-0.2, 0) is 0 Å². The summed E-state index contributed by atoms with van der Waals surface area (Å²) < 4.78 is 0. The number of aromatic nitrogens is 1. The maximum absolute atomic E-state index is 4.39. The number of hydrogen-bond donors (Lipinski definition) is 1. The second kappa shape index (κ2) is 8.60. The summed E-state index contributed by atoms with van der Waals surface area (Å²) in [5.74, 6) is 0.758. The fourth-order valence-corrected chi connectivity index (χ4v) is 3.21. The molecule has 0 bridgehead atoms. The second-order valence-electron chi connectivity index (χ2n) is 5.95. The molecule has 2 rings (SSSR count). The number of anilines is 1. The molecule has 0 saturated carbocycles. The van der Waals surface area contributed by atoms with Crippen LogP contribution >= 0.6 is 11.3 Å². The first kappa shape index (κ1) is 15.7. The highest BCUT2D eigenvalue weighted by atomic mass is 32.1. The van der Waals surface area contributed by atoms with E-state index in [0.29, 0.717) is 0 Å². The zero-order chi connectivity index (χ0) is 14.2. The Kier molecular flexibility index (Phi) is 6.76. The van der Waals surface area contributed by atoms with E-state index in [1.54, 1.807) is 11.3 Å². The van der Waals surface area contributed by atoms with Gasteiger partial charge in [0.25, 0.3) is 0 Å². The molecule has 4 nitrogen and oxygen atoms in total. The van der Waals surface area contributed by atoms with Crippen molar-refractivity contribution in [3.63, 3.8) is 0 Å². The van der Waals surface area contributed by atoms with Gasteiger partial charge < -0.3 is 10.2 Å². The van der Waals surface area contributed by atoms with E-state index in [2.05, 4.69) is 39.3 Å². The third-order valence-electron chi connectivity index (χ3n) is 3.69. The van der Waals surface area contributed by atoms with Gasteiger partial charge in [-0.15, -0.1) is 11.3 Å². The predicted octanol–water partition coefficient (Wildman–Crippen LogP) is 2.29. The van der Waals surface area contributed by atoms with Gasteiger partial charge >= 0.3 is 0 Å². The van der Waals surface area contributed by atoms with Gasteiger partial charge in [0.05, 0.1) is 0 Å². The average Bonchev–Trinajstić information content (AvgIpc) is 2.97. The lowest BCUT2D eigenvalue weighted by Gasteiger charge is -2.34. The van der Waals surface area contributed by atoms with E-state index < -0.39 is 0 Å². The summed E-state index contributed by atoms with van der Waals surface area (Å²) in [7, 11) is 0. The molecule has 0 spiro atoms. The molecule has 1 N–H and O–H groups in total. The van der Waals surface area contributed by atoms with Gasteiger partial charge in [0.2, 0.25) is 0 Å². The Morgan fingerprint density at radius 1 is 1.25 bits per heavy atom. The van der Waals surface area contributed by atoms with Crippen LogP contribution in [0.1, 0.15) is 26.7 Å². The number of hydrogen-bond acceptors (Lipinski definition) is 5. The van der Waals surface area contributed by atoms with Crippen molar-refractivity contribution in [1.82, 2.24) is 15.2 Å². The molecule has 1 aliphatic rings. The Balaban J connectivity index is 1.52. The van der Waals surface area contributed by atoms with E-state index in [4.69, 9.17) is 0 Å². The molecule has 0 unspecified atom stereocenters. The Bertz CT molecular complexity index is 345. The van der Waals surface area contributed by atoms with Crippen molar-refractivity contribution < 1.29 is 0 Å². The molecule has 114 valence electrons. The van der Waals surface area contributed by atoms with Gasteiger partial charge in [0.15, 0.2) is 5.13 Å². The molecule has 20 heavy (non-hydrogen) atoms. The van der Waals surface area contributed by atoms with Crippen molar-refractivity contribution in [1.29, 1.82) is 0 Å². The highest BCUT2D eigenvalue weighted by molar-refractivity contribution is 7.13. The average molecular weight is 296 g/mol. The van der Waals surface area contributed by atoms with Crippen molar-refractivity contribution in [3.8, 4) is 0 Å². The van der Waals surface area contributed by atoms with E-state index in [9.17, 15) is 0 Å². The second-order valence-corrected chi connectivity index (χ2v) is 6.82. The molecule has 0 amide bonds. The molecular weight excluding hydrogens is 268 g/mol. The van der Waals surface area contributed by atoms with Crippen molar-refractivity contribution in [2.75, 3.05) is 50.7 Å². The van der Waals surface area contributed by atoms with Crippen LogP contribution in [0.3, 0.4) is 0 Å². The molecule has 1 aromatic rings. The topological polar surface area (TPSA) is 31.4 Å². The van der Waals surface area contributed by atoms with Gasteiger partial charge in [0.1, 0.15) is 0 Å². The lowest BCUT2D eigenvalue weighted by molar-refractivity contribution is 0.252. The first-order valence-electron chi connectivity index (χ1n) is 7.83. The minimum atomic E-state index is 0.758. The van der Waals surface area contributed by atoms with Crippen LogP contribution < -0.4 is 10.2 Å². The van der Waals surface area contributed by atoms with Crippen molar-refractivity contribution in [2.24, 2.45) is 5.92 Å². The first-order valence-corrected chi connectivity index (χ1v) is 8.71. The SMILES string of the molecule is CC(C)CNCCCCN1CCN(c2nccs2)CC1. The molecule has 1 aliphatic heterocycles. The Labute approximate surface area is 127 Å². The molecule has 0 radical (unpaired) electrons. The minimum Gasteiger partial charge on any atom is -0.346 e. The Morgan fingerprint density at radius 2 is 2.05 bits per heavy atom. The predicted molar refractivity (Wildman–Crippen MR) is 87.7 cm³/mol. The highest BCUT2D eigenvalue weighted by Gasteiger charge is 2.17. The molecule has 1 fully saturated rings. The third-order valence-corrected chi connectivity index (χ3v) is 4.52. The van der Waals surface area contributed by atoms with Crippen LogP contribution in [0.5, 0.6) is 0 Å². The minimum absolute atomic E-state index is 0.758. The van der Waals surface area contributed by atoms with Crippen molar-refractivity contribution in [3.05, 3.63) is 11.6 Å². The Hall–Kier alpha value is -0.650. The van der Waals surface area contributed by atoms with Crippen LogP contribution in [0, 0.1) is 5.92 Å². The maximum atomic E-state index is 4.39. The zero-order valence-electron chi connectivity index (χ0n) is 12.8. The monoisotopic (exact) mass is 296 g/mol. The lowest BCUT2D eigenvalue weighted by Crippen LogP contribution is -2.46. The van der Waals surface area contributed by atoms with Crippen molar-refractivity contribution in [2.45, 2.75) is 26.7 Å². The number of rotatable bonds is 8. The Morgan fingerprint density at radius 3 is 2.70 bits per heavy atom. The van der Waals surface area contributed by atoms with Gasteiger partial charge in [-0.3, -0.25) is 4.90 Å². The van der Waals surface area contributed by atoms with E-state index in [1.165, 1.54) is 37.6 Å². The molecule has 2 heterocycles. The molecule has 0 aliphatic carbocycles. The summed E-state index contributed by atoms with van der Waals surface area (Å²) in [6, 6.07) is 0. The van der Waals surface area contributed by atoms with Crippen LogP contribution in [0.4, 0.5) is 5.13 Å². The van der Waals surface area contributed by atoms with E-state index in [1.807, 2.05) is 6.20 Å². The van der Waals surface area contributed by atoms with Crippen LogP contribution in [0.2, 0.25) is 0 Å². The van der Waals surface area contributed by atoms with Crippen LogP contribution in [0.25, 0.3) is 0 Å². The number of piperazine rings is 1. The first-order chi connectivity index (χ1) is 9.75. The summed E-state index contributed by atoms with van der Waals surface area (Å²) >= 11 is 1.75. The summed E-state index contributed by atoms with van der Waals surface area (Å²) in [5.41, 5.74) is 0. The van der Waals surface area contributed by atoms with E-state index in [0.717, 1.165) is 32.1 Å². The van der Waals surface area contributed by atoms with Gasteiger partial charge in [-0.1, -0.05) is 13.8 Å². The fourth-order valence-electron chi connectivity index (χ4n) is 2.51. The molecule has 5 heteroatoms. The normalized spacial score (nSPS) is 17.1. The van der Waals surface area contributed by atoms with Crippen LogP contribution in [-0.4, -0.2) is 55.7 Å². The molecular formula is C15H28N4S. The van der Waals surface area contributed by atoms with Gasteiger partial charge in [-0.05, 0) is 38.4 Å². The standard InChI is InChI=1S/C15H28N4S/c1-14(2)13-16-5-3-4-7-18-8-10-19(11-9-18)15-17-6-12-20-15/h6,12,14,16H,3-5,7-11,13H2,1-2H3. The number of nitrogens with zero attached hydrogens (tertiary/aromatic N) is 3. The van der Waals surface area contributed by atoms with Gasteiger partial charge in [-0.25, -0.2) is 4.98 Å². The van der Waals surface area contributed by atoms with Crippen LogP contribution in [0.15, 0.2) is 11.6 Å². The summed E-state index contributed by atoms with van der Waals surface area (Å²) in [6.07, 6.45) is 4.50. The third kappa shape index (κ3) is 5.38. The summed E-state index contributed by atoms with van der Waals surface area (Å²) in [4.78, 5) is 9.39. The van der Waals surface area contributed by atoms with E-state index >= 15 is 0 Å². The smallest absolute Gasteiger partial charge is 0.185 e. The zero-order valence-corrected chi connectivity index (χ0v) is 13.7. The highest BCUT2D eigenvalue weighted by Crippen LogP contribution is 2.18. The van der Waals surface area contributed by atoms with Gasteiger partial charge in [-0.2, -0.15) is 0 Å². The summed E-state index contributed by atoms with van der Waals surface area (Å²) in [6.45, 7) is 12.7. The van der Waals surface area contributed by atoms with Gasteiger partial charge in [0, 0.05) is 37.8 Å². The van der Waals surface area contributed by atoms with Crippen molar-refractivity contribution >= 4 is 16.5 Å². The largest absolute Gasteiger partial charge is 0.346 e. The number of thiazole rings is 1. The quantitative estimate of drug-likeness (QED) is 0.746. The maximum Gasteiger partial charge on any atom is 0.185 e. The fraction of sp³-hybridized carbons (Fsp3) is 0.800. The molecule has 1 aromatic heterocycles.